The molecule has 0 aromatic heterocycles. The molecule has 1 aromatic rings. The van der Waals surface area contributed by atoms with Crippen molar-refractivity contribution in [3.8, 4) is 0 Å². The number of ether oxygens (including phenoxy) is 1. The van der Waals surface area contributed by atoms with Gasteiger partial charge >= 0.3 is 0 Å². The standard InChI is InChI=1S/C15H22ClNO/c1-10(2)15(9-18-3)17-14-7-4-11-8-12(16)5-6-13(11)14/h5-6,8,10,14-15,17H,4,7,9H2,1-3H3. The lowest BCUT2D eigenvalue weighted by Gasteiger charge is -2.26. The van der Waals surface area contributed by atoms with E-state index >= 15 is 0 Å². The lowest BCUT2D eigenvalue weighted by atomic mass is 10.0. The summed E-state index contributed by atoms with van der Waals surface area (Å²) in [6, 6.07) is 7.09. The molecule has 0 heterocycles. The monoisotopic (exact) mass is 267 g/mol. The summed E-state index contributed by atoms with van der Waals surface area (Å²) in [6.07, 6.45) is 2.27. The van der Waals surface area contributed by atoms with E-state index in [9.17, 15) is 0 Å². The molecule has 1 aliphatic rings. The Bertz CT molecular complexity index is 405. The predicted molar refractivity (Wildman–Crippen MR) is 76.2 cm³/mol. The molecule has 0 bridgehead atoms. The summed E-state index contributed by atoms with van der Waals surface area (Å²) in [4.78, 5) is 0. The van der Waals surface area contributed by atoms with E-state index in [1.807, 2.05) is 6.07 Å². The van der Waals surface area contributed by atoms with Gasteiger partial charge in [0.25, 0.3) is 0 Å². The second-order valence-corrected chi connectivity index (χ2v) is 5.84. The number of aryl methyl sites for hydroxylation is 1. The van der Waals surface area contributed by atoms with Gasteiger partial charge in [0.05, 0.1) is 6.61 Å². The maximum atomic E-state index is 6.04. The Morgan fingerprint density at radius 2 is 2.22 bits per heavy atom. The van der Waals surface area contributed by atoms with Gasteiger partial charge in [0.2, 0.25) is 0 Å². The summed E-state index contributed by atoms with van der Waals surface area (Å²) in [7, 11) is 1.76. The van der Waals surface area contributed by atoms with E-state index in [2.05, 4.69) is 31.3 Å². The van der Waals surface area contributed by atoms with Gasteiger partial charge in [-0.2, -0.15) is 0 Å². The molecule has 0 saturated heterocycles. The Labute approximate surface area is 115 Å². The summed E-state index contributed by atoms with van der Waals surface area (Å²) < 4.78 is 5.30. The van der Waals surface area contributed by atoms with Crippen molar-refractivity contribution < 1.29 is 4.74 Å². The highest BCUT2D eigenvalue weighted by Gasteiger charge is 2.25. The number of nitrogens with one attached hydrogen (secondary N) is 1. The maximum Gasteiger partial charge on any atom is 0.0618 e. The second kappa shape index (κ2) is 6.05. The molecule has 2 nitrogen and oxygen atoms in total. The van der Waals surface area contributed by atoms with Gasteiger partial charge in [-0.3, -0.25) is 0 Å². The second-order valence-electron chi connectivity index (χ2n) is 5.41. The molecule has 2 atom stereocenters. The lowest BCUT2D eigenvalue weighted by molar-refractivity contribution is 0.140. The Morgan fingerprint density at radius 1 is 1.44 bits per heavy atom. The third-order valence-corrected chi connectivity index (χ3v) is 3.98. The van der Waals surface area contributed by atoms with E-state index in [1.165, 1.54) is 11.1 Å². The molecule has 0 radical (unpaired) electrons. The minimum Gasteiger partial charge on any atom is -0.383 e. The molecule has 0 fully saturated rings. The Hall–Kier alpha value is -0.570. The molecule has 2 rings (SSSR count). The van der Waals surface area contributed by atoms with Crippen LogP contribution in [-0.2, 0) is 11.2 Å². The number of fused-ring (bicyclic) bond motifs is 1. The highest BCUT2D eigenvalue weighted by atomic mass is 35.5. The molecule has 1 N–H and O–H groups in total. The third kappa shape index (κ3) is 3.05. The molecule has 0 saturated carbocycles. The average molecular weight is 268 g/mol. The summed E-state index contributed by atoms with van der Waals surface area (Å²) in [5.74, 6) is 0.571. The van der Waals surface area contributed by atoms with Gasteiger partial charge in [-0.05, 0) is 42.0 Å². The normalized spacial score (nSPS) is 20.2. The van der Waals surface area contributed by atoms with Crippen LogP contribution >= 0.6 is 11.6 Å². The molecule has 3 heteroatoms. The first kappa shape index (κ1) is 13.9. The summed E-state index contributed by atoms with van der Waals surface area (Å²) in [5, 5.41) is 4.56. The van der Waals surface area contributed by atoms with Gasteiger partial charge in [-0.1, -0.05) is 31.5 Å². The molecular weight excluding hydrogens is 246 g/mol. The third-order valence-electron chi connectivity index (χ3n) is 3.75. The molecule has 0 spiro atoms. The van der Waals surface area contributed by atoms with Crippen LogP contribution in [0.1, 0.15) is 37.4 Å². The SMILES string of the molecule is COCC(NC1CCc2cc(Cl)ccc21)C(C)C. The molecule has 100 valence electrons. The van der Waals surface area contributed by atoms with Gasteiger partial charge in [-0.15, -0.1) is 0 Å². The van der Waals surface area contributed by atoms with Crippen LogP contribution in [-0.4, -0.2) is 19.8 Å². The van der Waals surface area contributed by atoms with Crippen molar-refractivity contribution in [3.63, 3.8) is 0 Å². The van der Waals surface area contributed by atoms with E-state index < -0.39 is 0 Å². The molecule has 0 aliphatic heterocycles. The summed E-state index contributed by atoms with van der Waals surface area (Å²) >= 11 is 6.04. The minimum absolute atomic E-state index is 0.404. The summed E-state index contributed by atoms with van der Waals surface area (Å²) in [6.45, 7) is 5.22. The van der Waals surface area contributed by atoms with E-state index in [1.54, 1.807) is 7.11 Å². The Kier molecular flexibility index (Phi) is 4.66. The van der Waals surface area contributed by atoms with Crippen molar-refractivity contribution >= 4 is 11.6 Å². The lowest BCUT2D eigenvalue weighted by Crippen LogP contribution is -2.39. The van der Waals surface area contributed by atoms with Gasteiger partial charge in [0.15, 0.2) is 0 Å². The zero-order chi connectivity index (χ0) is 13.1. The largest absolute Gasteiger partial charge is 0.383 e. The first-order valence-corrected chi connectivity index (χ1v) is 7.03. The van der Waals surface area contributed by atoms with Crippen molar-refractivity contribution in [2.45, 2.75) is 38.8 Å². The molecule has 18 heavy (non-hydrogen) atoms. The van der Waals surface area contributed by atoms with Gasteiger partial charge in [-0.25, -0.2) is 0 Å². The van der Waals surface area contributed by atoms with Crippen molar-refractivity contribution in [3.05, 3.63) is 34.3 Å². The van der Waals surface area contributed by atoms with Crippen molar-refractivity contribution in [1.82, 2.24) is 5.32 Å². The predicted octanol–water partition coefficient (Wildman–Crippen LogP) is 3.59. The average Bonchev–Trinajstić information content (AvgIpc) is 2.71. The smallest absolute Gasteiger partial charge is 0.0618 e. The zero-order valence-corrected chi connectivity index (χ0v) is 12.1. The fraction of sp³-hybridized carbons (Fsp3) is 0.600. The van der Waals surface area contributed by atoms with Crippen LogP contribution in [0.2, 0.25) is 5.02 Å². The topological polar surface area (TPSA) is 21.3 Å². The summed E-state index contributed by atoms with van der Waals surface area (Å²) in [5.41, 5.74) is 2.79. The van der Waals surface area contributed by atoms with Crippen LogP contribution in [0.15, 0.2) is 18.2 Å². The van der Waals surface area contributed by atoms with E-state index in [0.29, 0.717) is 18.0 Å². The maximum absolute atomic E-state index is 6.04. The number of halogens is 1. The van der Waals surface area contributed by atoms with Gasteiger partial charge < -0.3 is 10.1 Å². The highest BCUT2D eigenvalue weighted by Crippen LogP contribution is 2.33. The first-order valence-electron chi connectivity index (χ1n) is 6.65. The first-order chi connectivity index (χ1) is 8.61. The fourth-order valence-electron chi connectivity index (χ4n) is 2.63. The van der Waals surface area contributed by atoms with E-state index in [-0.39, 0.29) is 0 Å². The molecular formula is C15H22ClNO. The van der Waals surface area contributed by atoms with Crippen molar-refractivity contribution in [2.24, 2.45) is 5.92 Å². The number of hydrogen-bond acceptors (Lipinski definition) is 2. The molecule has 0 amide bonds. The molecule has 1 aromatic carbocycles. The number of benzene rings is 1. The number of hydrogen-bond donors (Lipinski definition) is 1. The van der Waals surface area contributed by atoms with Gasteiger partial charge in [0.1, 0.15) is 0 Å². The van der Waals surface area contributed by atoms with E-state index in [4.69, 9.17) is 16.3 Å². The highest BCUT2D eigenvalue weighted by molar-refractivity contribution is 6.30. The van der Waals surface area contributed by atoms with Crippen molar-refractivity contribution in [1.29, 1.82) is 0 Å². The van der Waals surface area contributed by atoms with Crippen LogP contribution in [0.5, 0.6) is 0 Å². The quantitative estimate of drug-likeness (QED) is 0.880. The minimum atomic E-state index is 0.404. The van der Waals surface area contributed by atoms with Crippen molar-refractivity contribution in [2.75, 3.05) is 13.7 Å². The fourth-order valence-corrected chi connectivity index (χ4v) is 2.82. The van der Waals surface area contributed by atoms with Crippen LogP contribution in [0.3, 0.4) is 0 Å². The van der Waals surface area contributed by atoms with Crippen LogP contribution in [0.4, 0.5) is 0 Å². The van der Waals surface area contributed by atoms with Crippen LogP contribution in [0, 0.1) is 5.92 Å². The Balaban J connectivity index is 2.08. The number of methoxy groups -OCH3 is 1. The molecule has 1 aliphatic carbocycles. The van der Waals surface area contributed by atoms with Gasteiger partial charge in [0, 0.05) is 24.2 Å². The van der Waals surface area contributed by atoms with E-state index in [0.717, 1.165) is 24.5 Å². The molecule has 2 unspecified atom stereocenters. The zero-order valence-electron chi connectivity index (χ0n) is 11.4. The number of rotatable bonds is 5. The van der Waals surface area contributed by atoms with Crippen LogP contribution < -0.4 is 5.32 Å². The van der Waals surface area contributed by atoms with Crippen LogP contribution in [0.25, 0.3) is 0 Å². The Morgan fingerprint density at radius 3 is 2.89 bits per heavy atom.